The zero-order chi connectivity index (χ0) is 15.1. The molecule has 0 bridgehead atoms. The molecular formula is C15H24N2O2S. The highest BCUT2D eigenvalue weighted by Crippen LogP contribution is 2.32. The lowest BCUT2D eigenvalue weighted by Gasteiger charge is -2.23. The van der Waals surface area contributed by atoms with Crippen LogP contribution in [0.2, 0.25) is 0 Å². The molecule has 1 aromatic rings. The summed E-state index contributed by atoms with van der Waals surface area (Å²) in [5, 5.41) is -0.158. The number of thioether (sulfide) groups is 1. The lowest BCUT2D eigenvalue weighted by molar-refractivity contribution is -0.129. The van der Waals surface area contributed by atoms with Crippen molar-refractivity contribution in [3.8, 4) is 5.75 Å². The molecule has 1 atom stereocenters. The number of anilines is 1. The first-order valence-electron chi connectivity index (χ1n) is 7.01. The zero-order valence-corrected chi connectivity index (χ0v) is 13.5. The first-order chi connectivity index (χ1) is 9.53. The molecule has 0 aromatic heterocycles. The molecule has 4 nitrogen and oxygen atoms in total. The SMILES string of the molecule is CCOc1ccc(N)c(SC(C)C(=O)N(CC)CC)c1. The molecule has 0 saturated heterocycles. The molecule has 0 saturated carbocycles. The minimum Gasteiger partial charge on any atom is -0.494 e. The van der Waals surface area contributed by atoms with Crippen molar-refractivity contribution in [1.82, 2.24) is 4.90 Å². The first kappa shape index (κ1) is 16.7. The van der Waals surface area contributed by atoms with E-state index in [4.69, 9.17) is 10.5 Å². The lowest BCUT2D eigenvalue weighted by Crippen LogP contribution is -2.36. The Hall–Kier alpha value is -1.36. The molecule has 0 aliphatic rings. The maximum absolute atomic E-state index is 12.3. The van der Waals surface area contributed by atoms with Crippen LogP contribution in [0, 0.1) is 0 Å². The monoisotopic (exact) mass is 296 g/mol. The molecular weight excluding hydrogens is 272 g/mol. The van der Waals surface area contributed by atoms with Crippen LogP contribution < -0.4 is 10.5 Å². The fourth-order valence-electron chi connectivity index (χ4n) is 1.91. The quantitative estimate of drug-likeness (QED) is 0.621. The van der Waals surface area contributed by atoms with Gasteiger partial charge in [0.25, 0.3) is 0 Å². The summed E-state index contributed by atoms with van der Waals surface area (Å²) in [6.45, 7) is 9.91. The highest BCUT2D eigenvalue weighted by molar-refractivity contribution is 8.00. The molecule has 20 heavy (non-hydrogen) atoms. The summed E-state index contributed by atoms with van der Waals surface area (Å²) in [4.78, 5) is 15.0. The van der Waals surface area contributed by atoms with Crippen molar-refractivity contribution in [1.29, 1.82) is 0 Å². The van der Waals surface area contributed by atoms with Gasteiger partial charge < -0.3 is 15.4 Å². The summed E-state index contributed by atoms with van der Waals surface area (Å²) >= 11 is 1.48. The number of rotatable bonds is 7. The predicted octanol–water partition coefficient (Wildman–Crippen LogP) is 3.02. The number of carbonyl (C=O) groups is 1. The molecule has 0 heterocycles. The average Bonchev–Trinajstić information content (AvgIpc) is 2.44. The van der Waals surface area contributed by atoms with Gasteiger partial charge in [0, 0.05) is 23.7 Å². The van der Waals surface area contributed by atoms with E-state index < -0.39 is 0 Å². The Morgan fingerprint density at radius 3 is 2.55 bits per heavy atom. The van der Waals surface area contributed by atoms with E-state index in [1.54, 1.807) is 0 Å². The third-order valence-electron chi connectivity index (χ3n) is 3.02. The van der Waals surface area contributed by atoms with Gasteiger partial charge in [-0.15, -0.1) is 11.8 Å². The molecule has 0 fully saturated rings. The van der Waals surface area contributed by atoms with Gasteiger partial charge in [-0.3, -0.25) is 4.79 Å². The fraction of sp³-hybridized carbons (Fsp3) is 0.533. The number of benzene rings is 1. The van der Waals surface area contributed by atoms with E-state index in [0.717, 1.165) is 23.7 Å². The second-order valence-corrected chi connectivity index (χ2v) is 5.79. The number of hydrogen-bond donors (Lipinski definition) is 1. The molecule has 0 spiro atoms. The standard InChI is InChI=1S/C15H24N2O2S/c1-5-17(6-2)15(18)11(4)20-14-10-12(19-7-3)8-9-13(14)16/h8-11H,5-7,16H2,1-4H3. The highest BCUT2D eigenvalue weighted by Gasteiger charge is 2.20. The van der Waals surface area contributed by atoms with Gasteiger partial charge >= 0.3 is 0 Å². The maximum Gasteiger partial charge on any atom is 0.235 e. The number of hydrogen-bond acceptors (Lipinski definition) is 4. The smallest absolute Gasteiger partial charge is 0.235 e. The Bertz CT molecular complexity index is 447. The van der Waals surface area contributed by atoms with Crippen LogP contribution in [0.1, 0.15) is 27.7 Å². The molecule has 1 unspecified atom stereocenters. The van der Waals surface area contributed by atoms with Gasteiger partial charge in [0.15, 0.2) is 0 Å². The fourth-order valence-corrected chi connectivity index (χ4v) is 2.93. The van der Waals surface area contributed by atoms with Crippen LogP contribution in [0.5, 0.6) is 5.75 Å². The van der Waals surface area contributed by atoms with Gasteiger partial charge in [-0.2, -0.15) is 0 Å². The molecule has 1 amide bonds. The van der Waals surface area contributed by atoms with E-state index in [1.165, 1.54) is 11.8 Å². The Balaban J connectivity index is 2.81. The second kappa shape index (κ2) is 8.04. The average molecular weight is 296 g/mol. The lowest BCUT2D eigenvalue weighted by atomic mass is 10.3. The van der Waals surface area contributed by atoms with Gasteiger partial charge in [0.2, 0.25) is 5.91 Å². The number of ether oxygens (including phenoxy) is 1. The molecule has 0 aliphatic carbocycles. The van der Waals surface area contributed by atoms with Crippen molar-refractivity contribution >= 4 is 23.4 Å². The van der Waals surface area contributed by atoms with Crippen LogP contribution in [-0.4, -0.2) is 35.8 Å². The van der Waals surface area contributed by atoms with Gasteiger partial charge in [0.1, 0.15) is 5.75 Å². The van der Waals surface area contributed by atoms with Crippen LogP contribution >= 0.6 is 11.8 Å². The van der Waals surface area contributed by atoms with Gasteiger partial charge in [-0.05, 0) is 45.9 Å². The number of nitrogens with zero attached hydrogens (tertiary/aromatic N) is 1. The van der Waals surface area contributed by atoms with Gasteiger partial charge in [-0.1, -0.05) is 0 Å². The van der Waals surface area contributed by atoms with Crippen molar-refractivity contribution < 1.29 is 9.53 Å². The minimum absolute atomic E-state index is 0.140. The Kier molecular flexibility index (Phi) is 6.71. The Labute approximate surface area is 125 Å². The largest absolute Gasteiger partial charge is 0.494 e. The van der Waals surface area contributed by atoms with Gasteiger partial charge in [0.05, 0.1) is 11.9 Å². The number of nitrogens with two attached hydrogens (primary N) is 1. The van der Waals surface area contributed by atoms with E-state index in [9.17, 15) is 4.79 Å². The van der Waals surface area contributed by atoms with Crippen LogP contribution in [0.3, 0.4) is 0 Å². The normalized spacial score (nSPS) is 12.0. The second-order valence-electron chi connectivity index (χ2n) is 4.40. The van der Waals surface area contributed by atoms with E-state index >= 15 is 0 Å². The maximum atomic E-state index is 12.3. The molecule has 1 aromatic carbocycles. The van der Waals surface area contributed by atoms with Crippen molar-refractivity contribution in [2.24, 2.45) is 0 Å². The van der Waals surface area contributed by atoms with Crippen LogP contribution in [0.25, 0.3) is 0 Å². The molecule has 2 N–H and O–H groups in total. The molecule has 1 rings (SSSR count). The molecule has 112 valence electrons. The third-order valence-corrected chi connectivity index (χ3v) is 4.19. The molecule has 0 radical (unpaired) electrons. The molecule has 5 heteroatoms. The van der Waals surface area contributed by atoms with E-state index in [0.29, 0.717) is 12.3 Å². The zero-order valence-electron chi connectivity index (χ0n) is 12.7. The predicted molar refractivity (Wildman–Crippen MR) is 85.3 cm³/mol. The summed E-state index contributed by atoms with van der Waals surface area (Å²) in [5.74, 6) is 0.924. The Morgan fingerprint density at radius 1 is 1.35 bits per heavy atom. The minimum atomic E-state index is -0.158. The number of amides is 1. The number of carbonyl (C=O) groups excluding carboxylic acids is 1. The summed E-state index contributed by atoms with van der Waals surface area (Å²) in [6, 6.07) is 5.57. The Morgan fingerprint density at radius 2 is 2.00 bits per heavy atom. The van der Waals surface area contributed by atoms with Crippen molar-refractivity contribution in [2.45, 2.75) is 37.8 Å². The van der Waals surface area contributed by atoms with Crippen molar-refractivity contribution in [3.05, 3.63) is 18.2 Å². The highest BCUT2D eigenvalue weighted by atomic mass is 32.2. The van der Waals surface area contributed by atoms with Crippen LogP contribution in [0.15, 0.2) is 23.1 Å². The van der Waals surface area contributed by atoms with Crippen molar-refractivity contribution in [3.63, 3.8) is 0 Å². The third kappa shape index (κ3) is 4.34. The summed E-state index contributed by atoms with van der Waals surface area (Å²) in [7, 11) is 0. The van der Waals surface area contributed by atoms with E-state index in [1.807, 2.05) is 50.8 Å². The van der Waals surface area contributed by atoms with Crippen LogP contribution in [-0.2, 0) is 4.79 Å². The number of nitrogen functional groups attached to an aromatic ring is 1. The molecule has 0 aliphatic heterocycles. The van der Waals surface area contributed by atoms with E-state index in [-0.39, 0.29) is 11.2 Å². The first-order valence-corrected chi connectivity index (χ1v) is 7.89. The van der Waals surface area contributed by atoms with Crippen molar-refractivity contribution in [2.75, 3.05) is 25.4 Å². The van der Waals surface area contributed by atoms with Gasteiger partial charge in [-0.25, -0.2) is 0 Å². The van der Waals surface area contributed by atoms with Crippen LogP contribution in [0.4, 0.5) is 5.69 Å². The summed E-state index contributed by atoms with van der Waals surface area (Å²) in [5.41, 5.74) is 6.65. The van der Waals surface area contributed by atoms with E-state index in [2.05, 4.69) is 0 Å². The summed E-state index contributed by atoms with van der Waals surface area (Å²) in [6.07, 6.45) is 0. The topological polar surface area (TPSA) is 55.6 Å². The summed E-state index contributed by atoms with van der Waals surface area (Å²) < 4.78 is 5.47.